The Morgan fingerprint density at radius 2 is 2.17 bits per heavy atom. The number of benzene rings is 1. The Hall–Kier alpha value is -1.62. The van der Waals surface area contributed by atoms with E-state index >= 15 is 0 Å². The maximum Gasteiger partial charge on any atom is 0.260 e. The van der Waals surface area contributed by atoms with E-state index in [1.165, 1.54) is 25.1 Å². The van der Waals surface area contributed by atoms with Gasteiger partial charge < -0.3 is 15.2 Å². The van der Waals surface area contributed by atoms with Crippen molar-refractivity contribution in [3.05, 3.63) is 29.6 Å². The van der Waals surface area contributed by atoms with E-state index in [1.807, 2.05) is 6.92 Å². The maximum atomic E-state index is 13.1. The average Bonchev–Trinajstić information content (AvgIpc) is 2.31. The molecule has 0 spiro atoms. The highest BCUT2D eigenvalue weighted by Crippen LogP contribution is 2.26. The summed E-state index contributed by atoms with van der Waals surface area (Å²) >= 11 is 0. The molecule has 2 atom stereocenters. The SMILES string of the molecule is CCNC(=O)C(C)Oc1ccc(F)cc1C(C)O. The molecule has 5 heteroatoms. The first kappa shape index (κ1) is 14.4. The van der Waals surface area contributed by atoms with Crippen LogP contribution in [0.15, 0.2) is 18.2 Å². The lowest BCUT2D eigenvalue weighted by atomic mass is 10.1. The summed E-state index contributed by atoms with van der Waals surface area (Å²) in [6, 6.07) is 3.84. The third-order valence-electron chi connectivity index (χ3n) is 2.45. The van der Waals surface area contributed by atoms with Gasteiger partial charge in [-0.05, 0) is 39.0 Å². The number of hydrogen-bond acceptors (Lipinski definition) is 3. The first-order valence-electron chi connectivity index (χ1n) is 5.87. The quantitative estimate of drug-likeness (QED) is 0.843. The fraction of sp³-hybridized carbons (Fsp3) is 0.462. The standard InChI is InChI=1S/C13H18FNO3/c1-4-15-13(17)9(3)18-12-6-5-10(14)7-11(12)8(2)16/h5-9,16H,4H2,1-3H3,(H,15,17). The molecule has 100 valence electrons. The summed E-state index contributed by atoms with van der Waals surface area (Å²) in [5.41, 5.74) is 0.325. The van der Waals surface area contributed by atoms with Crippen LogP contribution >= 0.6 is 0 Å². The minimum atomic E-state index is -0.864. The summed E-state index contributed by atoms with van der Waals surface area (Å²) < 4.78 is 18.5. The van der Waals surface area contributed by atoms with Crippen LogP contribution in [0.1, 0.15) is 32.4 Å². The van der Waals surface area contributed by atoms with Crippen molar-refractivity contribution in [3.63, 3.8) is 0 Å². The molecule has 1 aromatic rings. The van der Waals surface area contributed by atoms with E-state index in [0.29, 0.717) is 17.9 Å². The molecule has 0 aliphatic carbocycles. The van der Waals surface area contributed by atoms with Crippen LogP contribution in [0.5, 0.6) is 5.75 Å². The van der Waals surface area contributed by atoms with Gasteiger partial charge in [0, 0.05) is 12.1 Å². The van der Waals surface area contributed by atoms with Gasteiger partial charge in [-0.25, -0.2) is 4.39 Å². The van der Waals surface area contributed by atoms with Crippen LogP contribution < -0.4 is 10.1 Å². The van der Waals surface area contributed by atoms with Gasteiger partial charge in [-0.1, -0.05) is 0 Å². The fourth-order valence-corrected chi connectivity index (χ4v) is 1.52. The molecule has 0 radical (unpaired) electrons. The van der Waals surface area contributed by atoms with Crippen LogP contribution in [-0.2, 0) is 4.79 Å². The Morgan fingerprint density at radius 1 is 1.50 bits per heavy atom. The van der Waals surface area contributed by atoms with Crippen LogP contribution in [0.25, 0.3) is 0 Å². The normalized spacial score (nSPS) is 13.8. The molecule has 0 aromatic heterocycles. The molecule has 2 unspecified atom stereocenters. The lowest BCUT2D eigenvalue weighted by Gasteiger charge is -2.18. The second-order valence-electron chi connectivity index (χ2n) is 4.01. The van der Waals surface area contributed by atoms with Crippen molar-refractivity contribution < 1.29 is 19.0 Å². The van der Waals surface area contributed by atoms with Crippen molar-refractivity contribution in [2.45, 2.75) is 33.0 Å². The number of carbonyl (C=O) groups excluding carboxylic acids is 1. The summed E-state index contributed by atoms with van der Waals surface area (Å²) in [4.78, 5) is 11.5. The Balaban J connectivity index is 2.87. The van der Waals surface area contributed by atoms with Crippen LogP contribution in [0.4, 0.5) is 4.39 Å². The Kier molecular flexibility index (Phi) is 5.09. The number of rotatable bonds is 5. The summed E-state index contributed by atoms with van der Waals surface area (Å²) in [5, 5.41) is 12.2. The van der Waals surface area contributed by atoms with Gasteiger partial charge in [0.05, 0.1) is 6.10 Å². The maximum absolute atomic E-state index is 13.1. The molecular formula is C13H18FNO3. The van der Waals surface area contributed by atoms with Crippen molar-refractivity contribution >= 4 is 5.91 Å². The zero-order valence-electron chi connectivity index (χ0n) is 10.7. The number of amides is 1. The molecule has 2 N–H and O–H groups in total. The van der Waals surface area contributed by atoms with E-state index in [9.17, 15) is 14.3 Å². The minimum absolute atomic E-state index is 0.252. The van der Waals surface area contributed by atoms with Crippen LogP contribution in [0, 0.1) is 5.82 Å². The van der Waals surface area contributed by atoms with Crippen LogP contribution in [-0.4, -0.2) is 23.7 Å². The predicted octanol–water partition coefficient (Wildman–Crippen LogP) is 1.78. The van der Waals surface area contributed by atoms with E-state index < -0.39 is 18.0 Å². The van der Waals surface area contributed by atoms with Crippen LogP contribution in [0.3, 0.4) is 0 Å². The third-order valence-corrected chi connectivity index (χ3v) is 2.45. The number of aliphatic hydroxyl groups is 1. The number of aliphatic hydroxyl groups excluding tert-OH is 1. The fourth-order valence-electron chi connectivity index (χ4n) is 1.52. The molecule has 0 aliphatic rings. The van der Waals surface area contributed by atoms with Gasteiger partial charge in [0.1, 0.15) is 11.6 Å². The molecule has 18 heavy (non-hydrogen) atoms. The van der Waals surface area contributed by atoms with Crippen molar-refractivity contribution in [2.24, 2.45) is 0 Å². The first-order valence-corrected chi connectivity index (χ1v) is 5.87. The summed E-state index contributed by atoms with van der Waals surface area (Å²) in [5.74, 6) is -0.396. The van der Waals surface area contributed by atoms with E-state index in [-0.39, 0.29) is 5.91 Å². The molecule has 0 bridgehead atoms. The highest BCUT2D eigenvalue weighted by Gasteiger charge is 2.17. The third kappa shape index (κ3) is 3.70. The smallest absolute Gasteiger partial charge is 0.260 e. The molecule has 0 saturated heterocycles. The van der Waals surface area contributed by atoms with Gasteiger partial charge >= 0.3 is 0 Å². The Labute approximate surface area is 106 Å². The number of nitrogens with one attached hydrogen (secondary N) is 1. The molecule has 1 amide bonds. The van der Waals surface area contributed by atoms with Gasteiger partial charge in [0.25, 0.3) is 5.91 Å². The largest absolute Gasteiger partial charge is 0.481 e. The Bertz CT molecular complexity index is 421. The molecule has 1 aromatic carbocycles. The van der Waals surface area contributed by atoms with Gasteiger partial charge in [0.15, 0.2) is 6.10 Å². The van der Waals surface area contributed by atoms with E-state index in [4.69, 9.17) is 4.74 Å². The lowest BCUT2D eigenvalue weighted by Crippen LogP contribution is -2.36. The van der Waals surface area contributed by atoms with Crippen molar-refractivity contribution in [1.29, 1.82) is 0 Å². The highest BCUT2D eigenvalue weighted by atomic mass is 19.1. The number of likely N-dealkylation sites (N-methyl/N-ethyl adjacent to an activating group) is 1. The number of carbonyl (C=O) groups is 1. The van der Waals surface area contributed by atoms with E-state index in [2.05, 4.69) is 5.32 Å². The summed E-state index contributed by atoms with van der Waals surface area (Å²) in [6.07, 6.45) is -1.56. The van der Waals surface area contributed by atoms with Crippen LogP contribution in [0.2, 0.25) is 0 Å². The average molecular weight is 255 g/mol. The molecule has 0 heterocycles. The van der Waals surface area contributed by atoms with Gasteiger partial charge in [0.2, 0.25) is 0 Å². The molecule has 4 nitrogen and oxygen atoms in total. The predicted molar refractivity (Wildman–Crippen MR) is 65.8 cm³/mol. The van der Waals surface area contributed by atoms with Gasteiger partial charge in [-0.2, -0.15) is 0 Å². The zero-order chi connectivity index (χ0) is 13.7. The van der Waals surface area contributed by atoms with Gasteiger partial charge in [-0.15, -0.1) is 0 Å². The van der Waals surface area contributed by atoms with E-state index in [0.717, 1.165) is 0 Å². The number of halogens is 1. The lowest BCUT2D eigenvalue weighted by molar-refractivity contribution is -0.127. The summed E-state index contributed by atoms with van der Waals surface area (Å²) in [7, 11) is 0. The topological polar surface area (TPSA) is 58.6 Å². The molecular weight excluding hydrogens is 237 g/mol. The monoisotopic (exact) mass is 255 g/mol. The van der Waals surface area contributed by atoms with E-state index in [1.54, 1.807) is 6.92 Å². The molecule has 0 fully saturated rings. The summed E-state index contributed by atoms with van der Waals surface area (Å²) in [6.45, 7) is 5.43. The second kappa shape index (κ2) is 6.35. The Morgan fingerprint density at radius 3 is 2.72 bits per heavy atom. The number of ether oxygens (including phenoxy) is 1. The second-order valence-corrected chi connectivity index (χ2v) is 4.01. The molecule has 1 rings (SSSR count). The number of hydrogen-bond donors (Lipinski definition) is 2. The zero-order valence-corrected chi connectivity index (χ0v) is 10.7. The minimum Gasteiger partial charge on any atom is -0.481 e. The molecule has 0 aliphatic heterocycles. The first-order chi connectivity index (χ1) is 8.45. The highest BCUT2D eigenvalue weighted by molar-refractivity contribution is 5.80. The van der Waals surface area contributed by atoms with Crippen molar-refractivity contribution in [2.75, 3.05) is 6.54 Å². The van der Waals surface area contributed by atoms with Crippen molar-refractivity contribution in [3.8, 4) is 5.75 Å². The van der Waals surface area contributed by atoms with Crippen molar-refractivity contribution in [1.82, 2.24) is 5.32 Å². The molecule has 0 saturated carbocycles. The van der Waals surface area contributed by atoms with Gasteiger partial charge in [-0.3, -0.25) is 4.79 Å².